The second-order valence-electron chi connectivity index (χ2n) is 3.65. The van der Waals surface area contributed by atoms with Crippen LogP contribution in [0.2, 0.25) is 0 Å². The fourth-order valence-electron chi connectivity index (χ4n) is 0.615. The molecule has 0 amide bonds. The summed E-state index contributed by atoms with van der Waals surface area (Å²) in [6, 6.07) is 1.95. The highest BCUT2D eigenvalue weighted by atomic mass is 32.2. The van der Waals surface area contributed by atoms with Crippen molar-refractivity contribution in [3.05, 3.63) is 22.4 Å². The molecule has 4 heteroatoms. The first-order valence-electron chi connectivity index (χ1n) is 3.98. The van der Waals surface area contributed by atoms with E-state index in [4.69, 9.17) is 0 Å². The minimum atomic E-state index is -1.15. The quantitative estimate of drug-likeness (QED) is 0.697. The lowest BCUT2D eigenvalue weighted by Gasteiger charge is -2.12. The van der Waals surface area contributed by atoms with E-state index in [1.165, 1.54) is 0 Å². The average Bonchev–Trinajstić information content (AvgIpc) is 2.50. The van der Waals surface area contributed by atoms with Crippen LogP contribution in [0, 0.1) is 0 Å². The number of nitrogens with zero attached hydrogens (tertiary/aromatic N) is 1. The molecule has 2 nitrogen and oxygen atoms in total. The van der Waals surface area contributed by atoms with Crippen molar-refractivity contribution in [1.29, 1.82) is 0 Å². The predicted molar refractivity (Wildman–Crippen MR) is 59.8 cm³/mol. The first kappa shape index (κ1) is 10.6. The molecule has 0 saturated heterocycles. The Morgan fingerprint density at radius 3 is 2.69 bits per heavy atom. The lowest BCUT2D eigenvalue weighted by atomic mass is 10.3. The van der Waals surface area contributed by atoms with Crippen LogP contribution in [0.25, 0.3) is 0 Å². The van der Waals surface area contributed by atoms with Gasteiger partial charge in [0.25, 0.3) is 0 Å². The van der Waals surface area contributed by atoms with Gasteiger partial charge in [-0.25, -0.2) is 4.21 Å². The molecule has 0 spiro atoms. The Bertz CT molecular complexity index is 309. The van der Waals surface area contributed by atoms with Crippen molar-refractivity contribution in [2.45, 2.75) is 25.5 Å². The van der Waals surface area contributed by atoms with E-state index >= 15 is 0 Å². The summed E-state index contributed by atoms with van der Waals surface area (Å²) < 4.78 is 15.2. The van der Waals surface area contributed by atoms with E-state index in [-0.39, 0.29) is 4.75 Å². The van der Waals surface area contributed by atoms with Crippen LogP contribution in [0.15, 0.2) is 21.2 Å². The fraction of sp³-hybridized carbons (Fsp3) is 0.444. The number of thiophene rings is 1. The molecule has 0 radical (unpaired) electrons. The van der Waals surface area contributed by atoms with Crippen LogP contribution in [0.5, 0.6) is 0 Å². The van der Waals surface area contributed by atoms with Crippen LogP contribution in [-0.2, 0) is 11.0 Å². The monoisotopic (exact) mass is 215 g/mol. The molecular weight excluding hydrogens is 202 g/mol. The van der Waals surface area contributed by atoms with Crippen molar-refractivity contribution in [1.82, 2.24) is 0 Å². The van der Waals surface area contributed by atoms with E-state index in [1.807, 2.05) is 37.6 Å². The Morgan fingerprint density at radius 1 is 1.54 bits per heavy atom. The van der Waals surface area contributed by atoms with Gasteiger partial charge in [-0.15, -0.1) is 0 Å². The second kappa shape index (κ2) is 4.15. The van der Waals surface area contributed by atoms with Crippen LogP contribution in [0.1, 0.15) is 26.3 Å². The summed E-state index contributed by atoms with van der Waals surface area (Å²) >= 11 is 1.61. The zero-order valence-electron chi connectivity index (χ0n) is 7.98. The van der Waals surface area contributed by atoms with E-state index < -0.39 is 11.0 Å². The lowest BCUT2D eigenvalue weighted by Crippen LogP contribution is -2.19. The number of hydrogen-bond donors (Lipinski definition) is 0. The molecule has 1 unspecified atom stereocenters. The minimum Gasteiger partial charge on any atom is -0.234 e. The summed E-state index contributed by atoms with van der Waals surface area (Å²) in [6.07, 6.45) is 1.66. The largest absolute Gasteiger partial charge is 0.234 e. The summed E-state index contributed by atoms with van der Waals surface area (Å²) in [5.74, 6) is 0. The van der Waals surface area contributed by atoms with Gasteiger partial charge in [0.15, 0.2) is 0 Å². The van der Waals surface area contributed by atoms with E-state index in [0.29, 0.717) is 0 Å². The van der Waals surface area contributed by atoms with Crippen LogP contribution in [0.3, 0.4) is 0 Å². The minimum absolute atomic E-state index is 0.271. The maximum atomic E-state index is 11.5. The molecule has 0 aromatic carbocycles. The fourth-order valence-corrected chi connectivity index (χ4v) is 1.76. The third-order valence-electron chi connectivity index (χ3n) is 1.36. The highest BCUT2D eigenvalue weighted by molar-refractivity contribution is 7.85. The molecule has 1 heterocycles. The topological polar surface area (TPSA) is 29.4 Å². The summed E-state index contributed by atoms with van der Waals surface area (Å²) in [5.41, 5.74) is 1.02. The predicted octanol–water partition coefficient (Wildman–Crippen LogP) is 2.63. The number of rotatable bonds is 2. The van der Waals surface area contributed by atoms with Gasteiger partial charge in [-0.3, -0.25) is 0 Å². The van der Waals surface area contributed by atoms with Crippen molar-refractivity contribution in [2.24, 2.45) is 4.40 Å². The molecule has 1 atom stereocenters. The maximum absolute atomic E-state index is 11.5. The smallest absolute Gasteiger partial charge is 0.144 e. The van der Waals surface area contributed by atoms with Crippen molar-refractivity contribution in [2.75, 3.05) is 0 Å². The van der Waals surface area contributed by atoms with Crippen LogP contribution < -0.4 is 0 Å². The van der Waals surface area contributed by atoms with Crippen molar-refractivity contribution < 1.29 is 4.21 Å². The molecule has 1 rings (SSSR count). The zero-order valence-corrected chi connectivity index (χ0v) is 9.61. The summed E-state index contributed by atoms with van der Waals surface area (Å²) in [7, 11) is -1.15. The highest BCUT2D eigenvalue weighted by Gasteiger charge is 2.17. The molecule has 0 aliphatic carbocycles. The molecule has 0 bridgehead atoms. The molecule has 72 valence electrons. The SMILES string of the molecule is CC(C)(C)S(=O)/N=C/c1ccsc1. The lowest BCUT2D eigenvalue weighted by molar-refractivity contribution is 0.651. The zero-order chi connectivity index (χ0) is 9.90. The van der Waals surface area contributed by atoms with Gasteiger partial charge in [-0.1, -0.05) is 0 Å². The van der Waals surface area contributed by atoms with Gasteiger partial charge in [0, 0.05) is 11.8 Å². The second-order valence-corrected chi connectivity index (χ2v) is 6.37. The molecule has 1 aromatic heterocycles. The molecule has 0 aliphatic heterocycles. The molecule has 1 aromatic rings. The highest BCUT2D eigenvalue weighted by Crippen LogP contribution is 2.12. The molecule has 0 saturated carbocycles. The first-order chi connectivity index (χ1) is 6.00. The van der Waals surface area contributed by atoms with Gasteiger partial charge in [-0.2, -0.15) is 15.7 Å². The molecule has 0 N–H and O–H groups in total. The first-order valence-corrected chi connectivity index (χ1v) is 6.03. The van der Waals surface area contributed by atoms with Crippen molar-refractivity contribution in [3.63, 3.8) is 0 Å². The van der Waals surface area contributed by atoms with Gasteiger partial charge in [-0.05, 0) is 37.6 Å². The van der Waals surface area contributed by atoms with Crippen LogP contribution >= 0.6 is 11.3 Å². The Morgan fingerprint density at radius 2 is 2.23 bits per heavy atom. The summed E-state index contributed by atoms with van der Waals surface area (Å²) in [5, 5.41) is 3.95. The maximum Gasteiger partial charge on any atom is 0.144 e. The van der Waals surface area contributed by atoms with Gasteiger partial charge in [0.2, 0.25) is 0 Å². The van der Waals surface area contributed by atoms with Gasteiger partial charge < -0.3 is 0 Å². The molecular formula is C9H13NOS2. The van der Waals surface area contributed by atoms with E-state index in [9.17, 15) is 4.21 Å². The van der Waals surface area contributed by atoms with Gasteiger partial charge in [0.1, 0.15) is 11.0 Å². The van der Waals surface area contributed by atoms with E-state index in [0.717, 1.165) is 5.56 Å². The van der Waals surface area contributed by atoms with E-state index in [2.05, 4.69) is 4.40 Å². The van der Waals surface area contributed by atoms with Crippen molar-refractivity contribution in [3.8, 4) is 0 Å². The third-order valence-corrected chi connectivity index (χ3v) is 3.41. The van der Waals surface area contributed by atoms with Crippen LogP contribution in [-0.4, -0.2) is 15.2 Å². The van der Waals surface area contributed by atoms with Crippen molar-refractivity contribution >= 4 is 28.5 Å². The van der Waals surface area contributed by atoms with Gasteiger partial charge in [0.05, 0.1) is 4.75 Å². The normalized spacial score (nSPS) is 15.0. The van der Waals surface area contributed by atoms with E-state index in [1.54, 1.807) is 17.6 Å². The summed E-state index contributed by atoms with van der Waals surface area (Å²) in [4.78, 5) is 0. The Balaban J connectivity index is 2.65. The van der Waals surface area contributed by atoms with Gasteiger partial charge >= 0.3 is 0 Å². The standard InChI is InChI=1S/C9H13NOS2/c1-9(2,3)13(11)10-6-8-4-5-12-7-8/h4-7H,1-3H3/b10-6+. The number of hydrogen-bond acceptors (Lipinski definition) is 2. The average molecular weight is 215 g/mol. The third kappa shape index (κ3) is 3.40. The molecule has 0 aliphatic rings. The Labute approximate surface area is 85.3 Å². The molecule has 0 fully saturated rings. The van der Waals surface area contributed by atoms with Crippen LogP contribution in [0.4, 0.5) is 0 Å². The Hall–Kier alpha value is -0.480. The molecule has 13 heavy (non-hydrogen) atoms. The summed E-state index contributed by atoms with van der Waals surface area (Å²) in [6.45, 7) is 5.73. The Kier molecular flexibility index (Phi) is 3.39.